The first-order valence-electron chi connectivity index (χ1n) is 8.36. The number of nitrogens with one attached hydrogen (secondary N) is 1. The molecule has 0 spiro atoms. The smallest absolute Gasteiger partial charge is 0.349 e. The predicted molar refractivity (Wildman–Crippen MR) is 100 cm³/mol. The average molecular weight is 360 g/mol. The average Bonchev–Trinajstić information content (AvgIpc) is 3.07. The number of hydrogen-bond acceptors (Lipinski definition) is 5. The van der Waals surface area contributed by atoms with Crippen LogP contribution in [0.1, 0.15) is 16.1 Å². The van der Waals surface area contributed by atoms with Crippen LogP contribution in [-0.4, -0.2) is 20.7 Å². The molecular formula is C20H16N4O3. The second-order valence-electron chi connectivity index (χ2n) is 6.05. The molecule has 0 aliphatic heterocycles. The van der Waals surface area contributed by atoms with Crippen LogP contribution in [0.5, 0.6) is 0 Å². The summed E-state index contributed by atoms with van der Waals surface area (Å²) in [4.78, 5) is 28.5. The Hall–Kier alpha value is -3.74. The molecule has 0 saturated heterocycles. The summed E-state index contributed by atoms with van der Waals surface area (Å²) >= 11 is 0. The number of aromatic nitrogens is 3. The van der Waals surface area contributed by atoms with Crippen molar-refractivity contribution in [1.82, 2.24) is 20.1 Å². The van der Waals surface area contributed by atoms with E-state index < -0.39 is 11.5 Å². The molecule has 7 nitrogen and oxygen atoms in total. The van der Waals surface area contributed by atoms with Crippen molar-refractivity contribution in [3.63, 3.8) is 0 Å². The van der Waals surface area contributed by atoms with Gasteiger partial charge in [0.25, 0.3) is 5.91 Å². The van der Waals surface area contributed by atoms with Gasteiger partial charge in [0.2, 0.25) is 0 Å². The standard InChI is InChI=1S/C20H16N4O3/c1-24-15(11-17(23-24)13-6-8-21-9-7-13)12-22-19(25)16-10-14-4-2-3-5-18(14)27-20(16)26/h2-11H,12H2,1H3,(H,22,25). The molecule has 7 heteroatoms. The molecule has 3 heterocycles. The Balaban J connectivity index is 1.54. The number of nitrogens with zero attached hydrogens (tertiary/aromatic N) is 3. The third-order valence-corrected chi connectivity index (χ3v) is 4.27. The van der Waals surface area contributed by atoms with Gasteiger partial charge in [0.05, 0.1) is 17.9 Å². The summed E-state index contributed by atoms with van der Waals surface area (Å²) in [5.74, 6) is -0.485. The Labute approximate surface area is 154 Å². The molecule has 134 valence electrons. The van der Waals surface area contributed by atoms with Gasteiger partial charge in [0.15, 0.2) is 0 Å². The first-order chi connectivity index (χ1) is 13.1. The number of amides is 1. The van der Waals surface area contributed by atoms with Gasteiger partial charge in [-0.25, -0.2) is 4.79 Å². The molecule has 0 radical (unpaired) electrons. The maximum Gasteiger partial charge on any atom is 0.349 e. The lowest BCUT2D eigenvalue weighted by Gasteiger charge is -2.05. The number of carbonyl (C=O) groups is 1. The van der Waals surface area contributed by atoms with Gasteiger partial charge in [0.1, 0.15) is 11.1 Å². The van der Waals surface area contributed by atoms with Crippen molar-refractivity contribution < 1.29 is 9.21 Å². The van der Waals surface area contributed by atoms with Crippen LogP contribution in [0.25, 0.3) is 22.2 Å². The van der Waals surface area contributed by atoms with Crippen LogP contribution < -0.4 is 10.9 Å². The summed E-state index contributed by atoms with van der Waals surface area (Å²) in [6, 6.07) is 14.2. The lowest BCUT2D eigenvalue weighted by Crippen LogP contribution is -2.28. The van der Waals surface area contributed by atoms with Gasteiger partial charge >= 0.3 is 5.63 Å². The molecular weight excluding hydrogens is 344 g/mol. The van der Waals surface area contributed by atoms with Gasteiger partial charge in [-0.3, -0.25) is 14.5 Å². The fraction of sp³-hybridized carbons (Fsp3) is 0.100. The summed E-state index contributed by atoms with van der Waals surface area (Å²) in [6.45, 7) is 0.236. The van der Waals surface area contributed by atoms with Crippen LogP contribution in [0.4, 0.5) is 0 Å². The van der Waals surface area contributed by atoms with Crippen molar-refractivity contribution in [2.45, 2.75) is 6.54 Å². The normalized spacial score (nSPS) is 10.9. The zero-order valence-corrected chi connectivity index (χ0v) is 14.5. The maximum absolute atomic E-state index is 12.5. The van der Waals surface area contributed by atoms with Gasteiger partial charge in [-0.1, -0.05) is 18.2 Å². The zero-order chi connectivity index (χ0) is 18.8. The van der Waals surface area contributed by atoms with Gasteiger partial charge in [-0.05, 0) is 30.3 Å². The summed E-state index contributed by atoms with van der Waals surface area (Å²) < 4.78 is 6.91. The number of hydrogen-bond donors (Lipinski definition) is 1. The van der Waals surface area contributed by atoms with Gasteiger partial charge in [-0.2, -0.15) is 5.10 Å². The minimum Gasteiger partial charge on any atom is -0.422 e. The van der Waals surface area contributed by atoms with Crippen LogP contribution in [0, 0.1) is 0 Å². The number of aryl methyl sites for hydroxylation is 1. The van der Waals surface area contributed by atoms with Gasteiger partial charge in [0, 0.05) is 30.4 Å². The molecule has 3 aromatic heterocycles. The van der Waals surface area contributed by atoms with E-state index in [2.05, 4.69) is 15.4 Å². The highest BCUT2D eigenvalue weighted by molar-refractivity contribution is 5.96. The molecule has 0 aliphatic rings. The summed E-state index contributed by atoms with van der Waals surface area (Å²) in [5.41, 5.74) is 2.30. The Bertz CT molecular complexity index is 1180. The Morgan fingerprint density at radius 1 is 1.15 bits per heavy atom. The minimum atomic E-state index is -0.659. The summed E-state index contributed by atoms with van der Waals surface area (Å²) in [5, 5.41) is 7.90. The minimum absolute atomic E-state index is 0.0229. The highest BCUT2D eigenvalue weighted by Gasteiger charge is 2.15. The third kappa shape index (κ3) is 3.35. The predicted octanol–water partition coefficient (Wildman–Crippen LogP) is 2.52. The Kier molecular flexibility index (Phi) is 4.25. The van der Waals surface area contributed by atoms with E-state index in [1.807, 2.05) is 24.3 Å². The molecule has 0 atom stereocenters. The molecule has 1 N–H and O–H groups in total. The van der Waals surface area contributed by atoms with Crippen molar-refractivity contribution >= 4 is 16.9 Å². The van der Waals surface area contributed by atoms with E-state index in [0.29, 0.717) is 11.0 Å². The van der Waals surface area contributed by atoms with E-state index in [1.54, 1.807) is 48.4 Å². The number of fused-ring (bicyclic) bond motifs is 1. The number of pyridine rings is 1. The van der Waals surface area contributed by atoms with Crippen molar-refractivity contribution in [3.05, 3.63) is 82.6 Å². The maximum atomic E-state index is 12.5. The second-order valence-corrected chi connectivity index (χ2v) is 6.05. The largest absolute Gasteiger partial charge is 0.422 e. The molecule has 0 fully saturated rings. The fourth-order valence-electron chi connectivity index (χ4n) is 2.82. The van der Waals surface area contributed by atoms with Crippen molar-refractivity contribution in [2.24, 2.45) is 7.05 Å². The highest BCUT2D eigenvalue weighted by atomic mass is 16.4. The summed E-state index contributed by atoms with van der Waals surface area (Å²) in [6.07, 6.45) is 3.40. The zero-order valence-electron chi connectivity index (χ0n) is 14.5. The van der Waals surface area contributed by atoms with E-state index in [1.165, 1.54) is 0 Å². The lowest BCUT2D eigenvalue weighted by atomic mass is 10.1. The first kappa shape index (κ1) is 16.7. The highest BCUT2D eigenvalue weighted by Crippen LogP contribution is 2.18. The molecule has 4 aromatic rings. The number of benzene rings is 1. The number of carbonyl (C=O) groups excluding carboxylic acids is 1. The van der Waals surface area contributed by atoms with E-state index in [9.17, 15) is 9.59 Å². The van der Waals surface area contributed by atoms with Crippen LogP contribution >= 0.6 is 0 Å². The van der Waals surface area contributed by atoms with Gasteiger partial charge in [-0.15, -0.1) is 0 Å². The topological polar surface area (TPSA) is 90.0 Å². The van der Waals surface area contributed by atoms with Crippen molar-refractivity contribution in [2.75, 3.05) is 0 Å². The van der Waals surface area contributed by atoms with Crippen LogP contribution in [0.3, 0.4) is 0 Å². The van der Waals surface area contributed by atoms with Crippen LogP contribution in [0.2, 0.25) is 0 Å². The number of rotatable bonds is 4. The quantitative estimate of drug-likeness (QED) is 0.565. The molecule has 1 amide bonds. The second kappa shape index (κ2) is 6.87. The Morgan fingerprint density at radius 2 is 1.93 bits per heavy atom. The van der Waals surface area contributed by atoms with E-state index in [-0.39, 0.29) is 12.1 Å². The van der Waals surface area contributed by atoms with Crippen LogP contribution in [-0.2, 0) is 13.6 Å². The molecule has 0 bridgehead atoms. The molecule has 0 aliphatic carbocycles. The van der Waals surface area contributed by atoms with E-state index in [4.69, 9.17) is 4.42 Å². The SMILES string of the molecule is Cn1nc(-c2ccncc2)cc1CNC(=O)c1cc2ccccc2oc1=O. The molecule has 0 unspecified atom stereocenters. The molecule has 0 saturated carbocycles. The third-order valence-electron chi connectivity index (χ3n) is 4.27. The fourth-order valence-corrected chi connectivity index (χ4v) is 2.82. The number of para-hydroxylation sites is 1. The van der Waals surface area contributed by atoms with E-state index in [0.717, 1.165) is 17.0 Å². The van der Waals surface area contributed by atoms with E-state index >= 15 is 0 Å². The van der Waals surface area contributed by atoms with Crippen molar-refractivity contribution in [3.8, 4) is 11.3 Å². The summed E-state index contributed by atoms with van der Waals surface area (Å²) in [7, 11) is 1.80. The first-order valence-corrected chi connectivity index (χ1v) is 8.36. The monoisotopic (exact) mass is 360 g/mol. The molecule has 27 heavy (non-hydrogen) atoms. The van der Waals surface area contributed by atoms with Crippen LogP contribution in [0.15, 0.2) is 70.1 Å². The molecule has 1 aromatic carbocycles. The van der Waals surface area contributed by atoms with Gasteiger partial charge < -0.3 is 9.73 Å². The lowest BCUT2D eigenvalue weighted by molar-refractivity contribution is 0.0946. The Morgan fingerprint density at radius 3 is 2.74 bits per heavy atom. The molecule has 4 rings (SSSR count). The van der Waals surface area contributed by atoms with Crippen molar-refractivity contribution in [1.29, 1.82) is 0 Å².